The molecule has 37 heavy (non-hydrogen) atoms. The molecule has 3 aromatic carbocycles. The van der Waals surface area contributed by atoms with Crippen LogP contribution < -0.4 is 14.5 Å². The fraction of sp³-hybridized carbons (Fsp3) is 0.179. The van der Waals surface area contributed by atoms with E-state index in [0.29, 0.717) is 21.5 Å². The summed E-state index contributed by atoms with van der Waals surface area (Å²) in [5.74, 6) is -1.13. The number of hydrogen-bond donors (Lipinski definition) is 1. The number of hydrogen-bond acceptors (Lipinski definition) is 6. The van der Waals surface area contributed by atoms with Crippen molar-refractivity contribution in [1.82, 2.24) is 4.98 Å². The summed E-state index contributed by atoms with van der Waals surface area (Å²) in [7, 11) is 0. The number of nitrogens with zero attached hydrogens (tertiary/aromatic N) is 1. The number of aryl methyl sites for hydroxylation is 1. The second-order valence-electron chi connectivity index (χ2n) is 9.05. The summed E-state index contributed by atoms with van der Waals surface area (Å²) < 4.78 is 6.23. The van der Waals surface area contributed by atoms with Gasteiger partial charge in [-0.1, -0.05) is 82.7 Å². The molecule has 0 bridgehead atoms. The minimum atomic E-state index is -0.673. The van der Waals surface area contributed by atoms with Gasteiger partial charge >= 0.3 is 4.87 Å². The first-order valence-corrected chi connectivity index (χ1v) is 13.8. The van der Waals surface area contributed by atoms with Gasteiger partial charge in [-0.2, -0.15) is 0 Å². The van der Waals surface area contributed by atoms with E-state index in [1.807, 2.05) is 61.5 Å². The van der Waals surface area contributed by atoms with Gasteiger partial charge in [-0.05, 0) is 42.8 Å². The number of aromatic amines is 1. The van der Waals surface area contributed by atoms with Gasteiger partial charge in [0.15, 0.2) is 0 Å². The molecular weight excluding hydrogens is 528 g/mol. The molecule has 2 unspecified atom stereocenters. The molecule has 3 atom stereocenters. The molecule has 6 rings (SSSR count). The maximum absolute atomic E-state index is 13.9. The molecule has 2 aliphatic heterocycles. The number of carbonyl (C=O) groups excluding carboxylic acids is 2. The molecule has 0 saturated carbocycles. The fourth-order valence-electron chi connectivity index (χ4n) is 4.96. The molecule has 1 fully saturated rings. The van der Waals surface area contributed by atoms with Crippen molar-refractivity contribution in [1.29, 1.82) is 0 Å². The molecule has 0 radical (unpaired) electrons. The number of amides is 2. The average molecular weight is 549 g/mol. The Bertz CT molecular complexity index is 1580. The van der Waals surface area contributed by atoms with E-state index < -0.39 is 17.1 Å². The molecule has 0 aliphatic carbocycles. The summed E-state index contributed by atoms with van der Waals surface area (Å²) in [6, 6.07) is 22.3. The van der Waals surface area contributed by atoms with Gasteiger partial charge in [0.25, 0.3) is 0 Å². The lowest BCUT2D eigenvalue weighted by Gasteiger charge is -2.30. The number of rotatable bonds is 5. The van der Waals surface area contributed by atoms with Crippen molar-refractivity contribution in [3.05, 3.63) is 109 Å². The number of anilines is 1. The molecule has 1 saturated heterocycles. The maximum Gasteiger partial charge on any atom is 0.305 e. The van der Waals surface area contributed by atoms with E-state index in [1.165, 1.54) is 16.7 Å². The van der Waals surface area contributed by atoms with Gasteiger partial charge in [-0.25, -0.2) is 4.90 Å². The zero-order chi connectivity index (χ0) is 25.7. The molecular formula is C28H21ClN2O4S2. The molecule has 3 heterocycles. The topological polar surface area (TPSA) is 79.5 Å². The Labute approximate surface area is 226 Å². The van der Waals surface area contributed by atoms with Crippen LogP contribution in [0, 0.1) is 12.8 Å². The van der Waals surface area contributed by atoms with E-state index in [1.54, 1.807) is 18.2 Å². The zero-order valence-corrected chi connectivity index (χ0v) is 22.0. The Hall–Kier alpha value is -3.33. The van der Waals surface area contributed by atoms with E-state index in [9.17, 15) is 14.4 Å². The number of ether oxygens (including phenoxy) is 1. The lowest BCUT2D eigenvalue weighted by molar-refractivity contribution is -0.122. The number of thioether (sulfide) groups is 1. The third-order valence-corrected chi connectivity index (χ3v) is 9.29. The smallest absolute Gasteiger partial charge is 0.305 e. The Morgan fingerprint density at radius 3 is 2.54 bits per heavy atom. The van der Waals surface area contributed by atoms with Crippen LogP contribution >= 0.6 is 34.7 Å². The molecule has 186 valence electrons. The predicted octanol–water partition coefficient (Wildman–Crippen LogP) is 5.77. The normalized spacial score (nSPS) is 20.6. The van der Waals surface area contributed by atoms with Gasteiger partial charge in [0.05, 0.1) is 16.6 Å². The second kappa shape index (κ2) is 9.52. The van der Waals surface area contributed by atoms with E-state index in [-0.39, 0.29) is 23.3 Å². The van der Waals surface area contributed by atoms with Crippen LogP contribution in [-0.2, 0) is 16.2 Å². The van der Waals surface area contributed by atoms with E-state index >= 15 is 0 Å². The summed E-state index contributed by atoms with van der Waals surface area (Å²) in [6.45, 7) is 2.24. The average Bonchev–Trinajstić information content (AvgIpc) is 3.38. The van der Waals surface area contributed by atoms with Gasteiger partial charge in [-0.15, -0.1) is 0 Å². The lowest BCUT2D eigenvalue weighted by Crippen LogP contribution is -2.32. The number of nitrogens with one attached hydrogen (secondary N) is 1. The van der Waals surface area contributed by atoms with Gasteiger partial charge in [-0.3, -0.25) is 14.4 Å². The van der Waals surface area contributed by atoms with Crippen LogP contribution in [0.2, 0.25) is 5.02 Å². The number of fused-ring (bicyclic) bond motifs is 2. The molecule has 9 heteroatoms. The van der Waals surface area contributed by atoms with Crippen LogP contribution in [-0.4, -0.2) is 22.0 Å². The highest BCUT2D eigenvalue weighted by Gasteiger charge is 2.56. The number of benzene rings is 3. The van der Waals surface area contributed by atoms with Crippen molar-refractivity contribution >= 4 is 52.2 Å². The number of halogens is 1. The van der Waals surface area contributed by atoms with E-state index in [2.05, 4.69) is 4.98 Å². The largest absolute Gasteiger partial charge is 0.489 e. The van der Waals surface area contributed by atoms with Crippen LogP contribution in [0.25, 0.3) is 0 Å². The number of thiazole rings is 1. The minimum Gasteiger partial charge on any atom is -0.489 e. The predicted molar refractivity (Wildman–Crippen MR) is 146 cm³/mol. The molecule has 6 nitrogen and oxygen atoms in total. The Morgan fingerprint density at radius 1 is 0.973 bits per heavy atom. The summed E-state index contributed by atoms with van der Waals surface area (Å²) >= 11 is 8.49. The van der Waals surface area contributed by atoms with Crippen molar-refractivity contribution in [3.8, 4) is 5.75 Å². The van der Waals surface area contributed by atoms with E-state index in [4.69, 9.17) is 16.3 Å². The molecule has 4 aromatic rings. The first-order chi connectivity index (χ1) is 17.9. The molecule has 0 spiro atoms. The molecule has 2 aliphatic rings. The third kappa shape index (κ3) is 4.29. The second-order valence-corrected chi connectivity index (χ2v) is 11.7. The fourth-order valence-corrected chi connectivity index (χ4v) is 7.68. The highest BCUT2D eigenvalue weighted by molar-refractivity contribution is 8.00. The van der Waals surface area contributed by atoms with Crippen molar-refractivity contribution in [2.45, 2.75) is 29.7 Å². The lowest BCUT2D eigenvalue weighted by atomic mass is 9.82. The first-order valence-electron chi connectivity index (χ1n) is 11.7. The monoisotopic (exact) mass is 548 g/mol. The molecule has 1 N–H and O–H groups in total. The Kier molecular flexibility index (Phi) is 6.18. The van der Waals surface area contributed by atoms with Gasteiger partial charge in [0, 0.05) is 21.4 Å². The number of imide groups is 1. The third-order valence-electron chi connectivity index (χ3n) is 6.65. The summed E-state index contributed by atoms with van der Waals surface area (Å²) in [6.07, 6.45) is 0. The van der Waals surface area contributed by atoms with Crippen molar-refractivity contribution in [3.63, 3.8) is 0 Å². The van der Waals surface area contributed by atoms with Crippen LogP contribution in [0.1, 0.15) is 27.5 Å². The van der Waals surface area contributed by atoms with Gasteiger partial charge in [0.2, 0.25) is 11.8 Å². The maximum atomic E-state index is 13.9. The number of aromatic nitrogens is 1. The summed E-state index contributed by atoms with van der Waals surface area (Å²) in [5.41, 5.74) is 3.27. The molecule has 1 aromatic heterocycles. The first kappa shape index (κ1) is 24.0. The minimum absolute atomic E-state index is 0.213. The molecule has 2 amide bonds. The number of carbonyl (C=O) groups is 2. The quantitative estimate of drug-likeness (QED) is 0.320. The highest BCUT2D eigenvalue weighted by Crippen LogP contribution is 2.54. The van der Waals surface area contributed by atoms with Crippen molar-refractivity contribution in [2.75, 3.05) is 4.90 Å². The van der Waals surface area contributed by atoms with Gasteiger partial charge < -0.3 is 9.72 Å². The standard InChI is InChI=1S/C28H21ClN2O4S2/c1-15-9-11-18(12-10-15)31-26(32)22-21(23-25(30-28(34)37-23)36-24(22)27(31)33)19-7-2-3-8-20(19)35-14-16-5-4-6-17(29)13-16/h2-13,21-22,24H,14H2,1H3,(H,30,34)/t21-,22?,24?/m1/s1. The van der Waals surface area contributed by atoms with Crippen LogP contribution in [0.4, 0.5) is 5.69 Å². The van der Waals surface area contributed by atoms with Crippen LogP contribution in [0.5, 0.6) is 5.75 Å². The zero-order valence-electron chi connectivity index (χ0n) is 19.6. The number of H-pyrrole nitrogens is 1. The Balaban J connectivity index is 1.42. The van der Waals surface area contributed by atoms with Gasteiger partial charge in [0.1, 0.15) is 17.6 Å². The van der Waals surface area contributed by atoms with Crippen molar-refractivity contribution in [2.24, 2.45) is 5.92 Å². The summed E-state index contributed by atoms with van der Waals surface area (Å²) in [4.78, 5) is 44.6. The number of para-hydroxylation sites is 1. The highest BCUT2D eigenvalue weighted by atomic mass is 35.5. The van der Waals surface area contributed by atoms with Crippen LogP contribution in [0.3, 0.4) is 0 Å². The Morgan fingerprint density at radius 2 is 1.76 bits per heavy atom. The SMILES string of the molecule is Cc1ccc(N2C(=O)C3Sc4[nH]c(=O)sc4[C@H](c4ccccc4OCc4cccc(Cl)c4)C3C2=O)cc1. The summed E-state index contributed by atoms with van der Waals surface area (Å²) in [5, 5.41) is 0.602. The van der Waals surface area contributed by atoms with E-state index in [0.717, 1.165) is 32.9 Å². The van der Waals surface area contributed by atoms with Crippen LogP contribution in [0.15, 0.2) is 82.6 Å². The van der Waals surface area contributed by atoms with Crippen molar-refractivity contribution < 1.29 is 14.3 Å².